The lowest BCUT2D eigenvalue weighted by molar-refractivity contribution is -0.121. The molecule has 138 valence electrons. The van der Waals surface area contributed by atoms with Crippen molar-refractivity contribution in [3.63, 3.8) is 0 Å². The van der Waals surface area contributed by atoms with Crippen molar-refractivity contribution in [1.82, 2.24) is 19.9 Å². The van der Waals surface area contributed by atoms with Crippen molar-refractivity contribution in [3.8, 4) is 0 Å². The molecule has 0 spiro atoms. The van der Waals surface area contributed by atoms with Crippen molar-refractivity contribution in [1.29, 1.82) is 0 Å². The van der Waals surface area contributed by atoms with Crippen LogP contribution in [0.1, 0.15) is 6.42 Å². The topological polar surface area (TPSA) is 80.1 Å². The van der Waals surface area contributed by atoms with Gasteiger partial charge in [-0.1, -0.05) is 18.2 Å². The lowest BCUT2D eigenvalue weighted by Crippen LogP contribution is -2.36. The molecular weight excluding hydrogens is 342 g/mol. The first-order valence-electron chi connectivity index (χ1n) is 9.07. The Labute approximate surface area is 156 Å². The number of para-hydroxylation sites is 1. The van der Waals surface area contributed by atoms with Crippen molar-refractivity contribution in [2.45, 2.75) is 13.0 Å². The minimum atomic E-state index is -0.251. The molecule has 27 heavy (non-hydrogen) atoms. The molecule has 2 aromatic heterocycles. The molecule has 1 saturated heterocycles. The van der Waals surface area contributed by atoms with Gasteiger partial charge in [0, 0.05) is 31.5 Å². The van der Waals surface area contributed by atoms with Crippen LogP contribution in [-0.2, 0) is 11.3 Å². The quantitative estimate of drug-likeness (QED) is 0.742. The summed E-state index contributed by atoms with van der Waals surface area (Å²) < 4.78 is 1.32. The second-order valence-electron chi connectivity index (χ2n) is 6.79. The molecule has 0 radical (unpaired) electrons. The summed E-state index contributed by atoms with van der Waals surface area (Å²) in [5.74, 6) is 0.227. The largest absolute Gasteiger partial charge is 0.371 e. The van der Waals surface area contributed by atoms with Gasteiger partial charge in [-0.15, -0.1) is 0 Å². The number of benzene rings is 1. The Kier molecular flexibility index (Phi) is 4.82. The molecule has 1 unspecified atom stereocenters. The number of anilines is 1. The van der Waals surface area contributed by atoms with Crippen molar-refractivity contribution < 1.29 is 4.79 Å². The van der Waals surface area contributed by atoms with Crippen molar-refractivity contribution in [2.75, 3.05) is 24.5 Å². The first kappa shape index (κ1) is 17.2. The Balaban J connectivity index is 1.33. The van der Waals surface area contributed by atoms with E-state index < -0.39 is 0 Å². The third-order valence-corrected chi connectivity index (χ3v) is 4.91. The van der Waals surface area contributed by atoms with Crippen LogP contribution in [0.2, 0.25) is 0 Å². The fraction of sp³-hybridized carbons (Fsp3) is 0.300. The van der Waals surface area contributed by atoms with Crippen LogP contribution in [-0.4, -0.2) is 40.1 Å². The highest BCUT2D eigenvalue weighted by Gasteiger charge is 2.23. The third-order valence-electron chi connectivity index (χ3n) is 4.91. The smallest absolute Gasteiger partial charge is 0.263 e. The maximum atomic E-state index is 12.4. The minimum Gasteiger partial charge on any atom is -0.371 e. The van der Waals surface area contributed by atoms with Gasteiger partial charge in [-0.2, -0.15) is 0 Å². The Morgan fingerprint density at radius 3 is 2.85 bits per heavy atom. The number of carbonyl (C=O) groups excluding carboxylic acids is 1. The van der Waals surface area contributed by atoms with Crippen LogP contribution < -0.4 is 15.8 Å². The van der Waals surface area contributed by atoms with E-state index >= 15 is 0 Å². The number of amides is 1. The molecule has 1 aliphatic heterocycles. The molecule has 7 nitrogen and oxygen atoms in total. The number of hydrogen-bond acceptors (Lipinski definition) is 5. The average Bonchev–Trinajstić information content (AvgIpc) is 3.19. The van der Waals surface area contributed by atoms with Gasteiger partial charge in [0.25, 0.3) is 5.56 Å². The van der Waals surface area contributed by atoms with Gasteiger partial charge < -0.3 is 10.2 Å². The number of rotatable bonds is 5. The maximum Gasteiger partial charge on any atom is 0.263 e. The summed E-state index contributed by atoms with van der Waals surface area (Å²) in [5.41, 5.74) is 1.36. The van der Waals surface area contributed by atoms with Crippen molar-refractivity contribution in [2.24, 2.45) is 5.92 Å². The van der Waals surface area contributed by atoms with Gasteiger partial charge in [-0.05, 0) is 36.6 Å². The summed E-state index contributed by atoms with van der Waals surface area (Å²) >= 11 is 0. The number of carbonyl (C=O) groups is 1. The van der Waals surface area contributed by atoms with Crippen molar-refractivity contribution >= 4 is 22.6 Å². The number of hydrogen-bond donors (Lipinski definition) is 1. The maximum absolute atomic E-state index is 12.4. The van der Waals surface area contributed by atoms with E-state index in [1.54, 1.807) is 18.3 Å². The van der Waals surface area contributed by atoms with Gasteiger partial charge in [0.2, 0.25) is 5.91 Å². The molecule has 1 atom stereocenters. The highest BCUT2D eigenvalue weighted by molar-refractivity contribution is 5.77. The van der Waals surface area contributed by atoms with Gasteiger partial charge in [-0.25, -0.2) is 9.97 Å². The number of nitrogens with one attached hydrogen (secondary N) is 1. The molecule has 1 fully saturated rings. The number of nitrogens with zero attached hydrogens (tertiary/aromatic N) is 4. The predicted molar refractivity (Wildman–Crippen MR) is 104 cm³/mol. The fourth-order valence-electron chi connectivity index (χ4n) is 3.45. The highest BCUT2D eigenvalue weighted by Crippen LogP contribution is 2.22. The van der Waals surface area contributed by atoms with Crippen molar-refractivity contribution in [3.05, 3.63) is 65.3 Å². The lowest BCUT2D eigenvalue weighted by atomic mass is 10.1. The van der Waals surface area contributed by atoms with Gasteiger partial charge >= 0.3 is 0 Å². The standard InChI is InChI=1S/C20H21N5O2/c26-18(13-25-14-23-19-17(20(25)27)7-4-9-21-19)22-11-15-8-10-24(12-15)16-5-2-1-3-6-16/h1-7,9,14-15H,8,10-13H2,(H,22,26). The van der Waals surface area contributed by atoms with E-state index in [0.29, 0.717) is 23.5 Å². The first-order valence-corrected chi connectivity index (χ1v) is 9.07. The molecule has 4 rings (SSSR count). The molecule has 1 N–H and O–H groups in total. The van der Waals surface area contributed by atoms with Gasteiger partial charge in [0.1, 0.15) is 12.9 Å². The van der Waals surface area contributed by atoms with E-state index in [-0.39, 0.29) is 18.0 Å². The predicted octanol–water partition coefficient (Wildman–Crippen LogP) is 1.43. The monoisotopic (exact) mass is 363 g/mol. The Hall–Kier alpha value is -3.22. The molecule has 3 heterocycles. The van der Waals surface area contributed by atoms with E-state index in [0.717, 1.165) is 19.5 Å². The van der Waals surface area contributed by atoms with E-state index in [1.165, 1.54) is 16.6 Å². The fourth-order valence-corrected chi connectivity index (χ4v) is 3.45. The normalized spacial score (nSPS) is 16.6. The molecule has 3 aromatic rings. The summed E-state index contributed by atoms with van der Waals surface area (Å²) in [6, 6.07) is 13.7. The lowest BCUT2D eigenvalue weighted by Gasteiger charge is -2.18. The number of pyridine rings is 1. The van der Waals surface area contributed by atoms with E-state index in [1.807, 2.05) is 18.2 Å². The summed E-state index contributed by atoms with van der Waals surface area (Å²) in [6.45, 7) is 2.49. The van der Waals surface area contributed by atoms with Crippen LogP contribution in [0.4, 0.5) is 5.69 Å². The van der Waals surface area contributed by atoms with Crippen LogP contribution in [0.3, 0.4) is 0 Å². The molecule has 1 aliphatic rings. The second kappa shape index (κ2) is 7.57. The van der Waals surface area contributed by atoms with E-state index in [2.05, 4.69) is 32.3 Å². The molecule has 0 saturated carbocycles. The zero-order valence-electron chi connectivity index (χ0n) is 14.9. The zero-order chi connectivity index (χ0) is 18.6. The second-order valence-corrected chi connectivity index (χ2v) is 6.79. The molecular formula is C20H21N5O2. The van der Waals surface area contributed by atoms with Gasteiger partial charge in [0.15, 0.2) is 5.65 Å². The average molecular weight is 363 g/mol. The number of aromatic nitrogens is 3. The summed E-state index contributed by atoms with van der Waals surface area (Å²) in [5, 5.41) is 3.37. The molecule has 7 heteroatoms. The highest BCUT2D eigenvalue weighted by atomic mass is 16.2. The molecule has 0 bridgehead atoms. The molecule has 1 aromatic carbocycles. The summed E-state index contributed by atoms with van der Waals surface area (Å²) in [6.07, 6.45) is 4.01. The molecule has 0 aliphatic carbocycles. The van der Waals surface area contributed by atoms with Gasteiger partial charge in [0.05, 0.1) is 5.39 Å². The van der Waals surface area contributed by atoms with E-state index in [4.69, 9.17) is 0 Å². The Morgan fingerprint density at radius 1 is 1.15 bits per heavy atom. The minimum absolute atomic E-state index is 0.0359. The first-order chi connectivity index (χ1) is 13.2. The van der Waals surface area contributed by atoms with Crippen LogP contribution in [0, 0.1) is 5.92 Å². The summed E-state index contributed by atoms with van der Waals surface area (Å²) in [7, 11) is 0. The Bertz CT molecular complexity index is 1000. The van der Waals surface area contributed by atoms with Gasteiger partial charge in [-0.3, -0.25) is 14.2 Å². The van der Waals surface area contributed by atoms with E-state index in [9.17, 15) is 9.59 Å². The summed E-state index contributed by atoms with van der Waals surface area (Å²) in [4.78, 5) is 35.2. The third kappa shape index (κ3) is 3.81. The van der Waals surface area contributed by atoms with Crippen LogP contribution in [0.25, 0.3) is 11.0 Å². The zero-order valence-corrected chi connectivity index (χ0v) is 14.9. The van der Waals surface area contributed by atoms with Crippen LogP contribution in [0.5, 0.6) is 0 Å². The molecule has 1 amide bonds. The van der Waals surface area contributed by atoms with Crippen LogP contribution >= 0.6 is 0 Å². The number of fused-ring (bicyclic) bond motifs is 1. The Morgan fingerprint density at radius 2 is 2.00 bits per heavy atom. The SMILES string of the molecule is O=C(Cn1cnc2ncccc2c1=O)NCC1CCN(c2ccccc2)C1. The van der Waals surface area contributed by atoms with Crippen LogP contribution in [0.15, 0.2) is 59.8 Å².